The molecule has 1 amide bonds. The summed E-state index contributed by atoms with van der Waals surface area (Å²) in [6, 6.07) is -0.833. The molecule has 7 unspecified atom stereocenters. The molecule has 0 aromatic heterocycles. The summed E-state index contributed by atoms with van der Waals surface area (Å²) in [6.07, 6.45) is 81.2. The van der Waals surface area contributed by atoms with Crippen LogP contribution in [0.3, 0.4) is 0 Å². The molecule has 1 heterocycles. The van der Waals surface area contributed by atoms with Gasteiger partial charge in [-0.1, -0.05) is 331 Å². The van der Waals surface area contributed by atoms with Gasteiger partial charge >= 0.3 is 5.97 Å². The molecule has 90 heavy (non-hydrogen) atoms. The van der Waals surface area contributed by atoms with Gasteiger partial charge in [0.1, 0.15) is 24.4 Å². The molecular weight excluding hydrogens is 1120 g/mol. The van der Waals surface area contributed by atoms with Crippen molar-refractivity contribution in [3.8, 4) is 0 Å². The number of aliphatic hydroxyl groups is 5. The van der Waals surface area contributed by atoms with Gasteiger partial charge in [0.2, 0.25) is 5.91 Å². The average molecular weight is 1270 g/mol. The predicted octanol–water partition coefficient (Wildman–Crippen LogP) is 20.5. The lowest BCUT2D eigenvalue weighted by molar-refractivity contribution is -0.302. The van der Waals surface area contributed by atoms with Crippen molar-refractivity contribution in [1.82, 2.24) is 5.32 Å². The Morgan fingerprint density at radius 1 is 0.411 bits per heavy atom. The van der Waals surface area contributed by atoms with E-state index in [1.54, 1.807) is 6.08 Å². The van der Waals surface area contributed by atoms with Gasteiger partial charge in [-0.2, -0.15) is 0 Å². The Morgan fingerprint density at radius 3 is 1.20 bits per heavy atom. The van der Waals surface area contributed by atoms with E-state index in [0.29, 0.717) is 19.4 Å². The fourth-order valence-electron chi connectivity index (χ4n) is 12.0. The summed E-state index contributed by atoms with van der Waals surface area (Å²) in [7, 11) is 0. The fourth-order valence-corrected chi connectivity index (χ4v) is 12.0. The zero-order valence-electron chi connectivity index (χ0n) is 58.6. The topological polar surface area (TPSA) is 175 Å². The van der Waals surface area contributed by atoms with Crippen LogP contribution in [0.4, 0.5) is 0 Å². The quantitative estimate of drug-likeness (QED) is 0.0195. The molecule has 0 aromatic rings. The Kier molecular flexibility index (Phi) is 64.3. The van der Waals surface area contributed by atoms with Gasteiger partial charge < -0.3 is 45.1 Å². The van der Waals surface area contributed by atoms with E-state index in [9.17, 15) is 35.1 Å². The molecule has 526 valence electrons. The maximum Gasteiger partial charge on any atom is 0.305 e. The molecule has 1 rings (SSSR count). The molecule has 0 radical (unpaired) electrons. The molecule has 1 saturated heterocycles. The number of unbranched alkanes of at least 4 members (excludes halogenated alkanes) is 46. The third-order valence-corrected chi connectivity index (χ3v) is 18.1. The Bertz CT molecular complexity index is 1680. The summed E-state index contributed by atoms with van der Waals surface area (Å²) in [4.78, 5) is 25.1. The van der Waals surface area contributed by atoms with E-state index in [1.807, 2.05) is 6.08 Å². The maximum absolute atomic E-state index is 13.0. The number of nitrogens with one attached hydrogen (secondary N) is 1. The van der Waals surface area contributed by atoms with Gasteiger partial charge in [-0.15, -0.1) is 0 Å². The van der Waals surface area contributed by atoms with E-state index < -0.39 is 49.5 Å². The number of ether oxygens (including phenoxy) is 3. The smallest absolute Gasteiger partial charge is 0.305 e. The highest BCUT2D eigenvalue weighted by Gasteiger charge is 2.44. The normalized spacial score (nSPS) is 18.0. The molecule has 1 fully saturated rings. The van der Waals surface area contributed by atoms with Crippen molar-refractivity contribution in [3.63, 3.8) is 0 Å². The molecule has 0 aliphatic carbocycles. The SMILES string of the molecule is CCC/C=C/CC/C=C/CC/C=C/C(O)C(COC1OC(CO)C(O)C(O)C1O)NC(=O)CCCCCCCCCCCCCCCCCCC/C=C\C/C=C\CCCCCCCCCCCCCCCCCOC(=O)CCCCCCCCCCCCCC. The van der Waals surface area contributed by atoms with Gasteiger partial charge in [0.05, 0.1) is 32.0 Å². The summed E-state index contributed by atoms with van der Waals surface area (Å²) in [5, 5.41) is 54.4. The molecule has 1 aliphatic heterocycles. The highest BCUT2D eigenvalue weighted by Crippen LogP contribution is 2.23. The zero-order valence-corrected chi connectivity index (χ0v) is 58.6. The molecule has 11 heteroatoms. The molecule has 11 nitrogen and oxygen atoms in total. The summed E-state index contributed by atoms with van der Waals surface area (Å²) >= 11 is 0. The Morgan fingerprint density at radius 2 is 0.778 bits per heavy atom. The largest absolute Gasteiger partial charge is 0.466 e. The lowest BCUT2D eigenvalue weighted by Gasteiger charge is -2.40. The number of aliphatic hydroxyl groups excluding tert-OH is 5. The van der Waals surface area contributed by atoms with Crippen LogP contribution in [0.5, 0.6) is 0 Å². The highest BCUT2D eigenvalue weighted by molar-refractivity contribution is 5.76. The number of hydrogen-bond acceptors (Lipinski definition) is 10. The second-order valence-electron chi connectivity index (χ2n) is 26.7. The summed E-state index contributed by atoms with van der Waals surface area (Å²) in [5.41, 5.74) is 0. The number of rotatable bonds is 68. The minimum Gasteiger partial charge on any atom is -0.466 e. The number of carbonyl (C=O) groups excluding carboxylic acids is 2. The Labute approximate surface area is 554 Å². The molecule has 0 aromatic carbocycles. The first kappa shape index (κ1) is 85.4. The van der Waals surface area contributed by atoms with Crippen LogP contribution in [-0.4, -0.2) is 100 Å². The molecule has 1 aliphatic rings. The molecule has 6 N–H and O–H groups in total. The van der Waals surface area contributed by atoms with E-state index in [-0.39, 0.29) is 18.5 Å². The number of hydrogen-bond donors (Lipinski definition) is 6. The van der Waals surface area contributed by atoms with Crippen molar-refractivity contribution in [2.75, 3.05) is 19.8 Å². The van der Waals surface area contributed by atoms with Crippen molar-refractivity contribution < 1.29 is 49.3 Å². The van der Waals surface area contributed by atoms with Crippen LogP contribution >= 0.6 is 0 Å². The fraction of sp³-hybridized carbons (Fsp3) is 0.848. The van der Waals surface area contributed by atoms with E-state index in [1.165, 1.54) is 263 Å². The monoisotopic (exact) mass is 1270 g/mol. The van der Waals surface area contributed by atoms with Gasteiger partial charge in [0, 0.05) is 12.8 Å². The zero-order chi connectivity index (χ0) is 65.1. The van der Waals surface area contributed by atoms with Crippen molar-refractivity contribution in [2.24, 2.45) is 0 Å². The van der Waals surface area contributed by atoms with Crippen molar-refractivity contribution >= 4 is 11.9 Å². The first-order chi connectivity index (χ1) is 44.2. The summed E-state index contributed by atoms with van der Waals surface area (Å²) < 4.78 is 16.7. The summed E-state index contributed by atoms with van der Waals surface area (Å²) in [6.45, 7) is 4.28. The number of amides is 1. The van der Waals surface area contributed by atoms with Crippen LogP contribution < -0.4 is 5.32 Å². The van der Waals surface area contributed by atoms with E-state index in [4.69, 9.17) is 14.2 Å². The lowest BCUT2D eigenvalue weighted by atomic mass is 9.99. The minimum absolute atomic E-state index is 0.0151. The number of carbonyl (C=O) groups is 2. The van der Waals surface area contributed by atoms with Crippen LogP contribution in [0.1, 0.15) is 367 Å². The molecule has 7 atom stereocenters. The molecule has 0 bridgehead atoms. The van der Waals surface area contributed by atoms with Gasteiger partial charge in [-0.05, 0) is 83.5 Å². The number of allylic oxidation sites excluding steroid dienone is 9. The van der Waals surface area contributed by atoms with Crippen LogP contribution in [0.2, 0.25) is 0 Å². The Hall–Kier alpha value is -2.64. The van der Waals surface area contributed by atoms with E-state index in [0.717, 1.165) is 77.0 Å². The standard InChI is InChI=1S/C79H145NO10/c1-3-5-7-9-11-13-15-47-51-55-59-63-67-75(84)88-68-64-60-56-52-48-44-42-40-38-36-34-32-30-28-26-24-22-20-18-16-17-19-21-23-25-27-29-31-33-35-37-39-41-43-46-50-54-58-62-66-74(83)80-71(70-89-79-78(87)77(86)76(85)73(69-81)90-79)72(82)65-61-57-53-49-45-14-12-10-8-6-4-2/h8,10,16-17,20,22,45,49,61,65,71-73,76-79,81-82,85-87H,3-7,9,11-15,18-19,21,23-44,46-48,50-60,62-64,66-70H2,1-2H3,(H,80,83)/b10-8+,17-16-,22-20-,49-45+,65-61+. The van der Waals surface area contributed by atoms with E-state index in [2.05, 4.69) is 67.8 Å². The second kappa shape index (κ2) is 67.8. The Balaban J connectivity index is 1.90. The second-order valence-corrected chi connectivity index (χ2v) is 26.7. The molecule has 0 spiro atoms. The van der Waals surface area contributed by atoms with Crippen LogP contribution in [0.25, 0.3) is 0 Å². The third kappa shape index (κ3) is 55.8. The van der Waals surface area contributed by atoms with Gasteiger partial charge in [-0.25, -0.2) is 0 Å². The molecule has 0 saturated carbocycles. The van der Waals surface area contributed by atoms with Crippen molar-refractivity contribution in [1.29, 1.82) is 0 Å². The van der Waals surface area contributed by atoms with Crippen molar-refractivity contribution in [3.05, 3.63) is 60.8 Å². The van der Waals surface area contributed by atoms with Crippen LogP contribution in [0.15, 0.2) is 60.8 Å². The van der Waals surface area contributed by atoms with Crippen molar-refractivity contribution in [2.45, 2.75) is 410 Å². The average Bonchev–Trinajstić information content (AvgIpc) is 3.37. The first-order valence-corrected chi connectivity index (χ1v) is 38.6. The molecular formula is C79H145NO10. The first-order valence-electron chi connectivity index (χ1n) is 38.6. The van der Waals surface area contributed by atoms with Crippen LogP contribution in [-0.2, 0) is 23.8 Å². The van der Waals surface area contributed by atoms with Crippen LogP contribution in [0, 0.1) is 0 Å². The predicted molar refractivity (Wildman–Crippen MR) is 380 cm³/mol. The lowest BCUT2D eigenvalue weighted by Crippen LogP contribution is -2.60. The van der Waals surface area contributed by atoms with Gasteiger partial charge in [-0.3, -0.25) is 9.59 Å². The van der Waals surface area contributed by atoms with Gasteiger partial charge in [0.25, 0.3) is 0 Å². The third-order valence-electron chi connectivity index (χ3n) is 18.1. The maximum atomic E-state index is 13.0. The van der Waals surface area contributed by atoms with E-state index >= 15 is 0 Å². The number of esters is 1. The van der Waals surface area contributed by atoms with Gasteiger partial charge in [0.15, 0.2) is 6.29 Å². The highest BCUT2D eigenvalue weighted by atomic mass is 16.7. The summed E-state index contributed by atoms with van der Waals surface area (Å²) in [5.74, 6) is -0.179. The minimum atomic E-state index is -1.58.